The molecule has 0 radical (unpaired) electrons. The average molecular weight is 221 g/mol. The zero-order valence-corrected chi connectivity index (χ0v) is 10.3. The van der Waals surface area contributed by atoms with Gasteiger partial charge in [0.25, 0.3) is 0 Å². The highest BCUT2D eigenvalue weighted by atomic mass is 16.2. The number of likely N-dealkylation sites (N-methyl/N-ethyl adjacent to an activating group) is 1. The number of nitrogens with zero attached hydrogens (tertiary/aromatic N) is 2. The zero-order chi connectivity index (χ0) is 12.1. The predicted octanol–water partition coefficient (Wildman–Crippen LogP) is 0.956. The Labute approximate surface area is 96.7 Å². The van der Waals surface area contributed by atoms with Crippen LogP contribution in [0.4, 0.5) is 0 Å². The Balaban J connectivity index is 2.52. The summed E-state index contributed by atoms with van der Waals surface area (Å²) in [6, 6.07) is 3.74. The molecule has 1 aromatic heterocycles. The standard InChI is InChI=1S/C12H19N3O/c1-9-6-5-7-13-11(9)8-14-10(2)12(16)15(3)4/h5-7,10,14H,8H2,1-4H3/t10-/m1/s1. The second-order valence-electron chi connectivity index (χ2n) is 4.10. The van der Waals surface area contributed by atoms with Crippen LogP contribution in [0.25, 0.3) is 0 Å². The molecule has 1 atom stereocenters. The maximum atomic E-state index is 11.6. The lowest BCUT2D eigenvalue weighted by molar-refractivity contribution is -0.130. The van der Waals surface area contributed by atoms with Gasteiger partial charge in [0.1, 0.15) is 0 Å². The fourth-order valence-electron chi connectivity index (χ4n) is 1.43. The number of aryl methyl sites for hydroxylation is 1. The maximum Gasteiger partial charge on any atom is 0.238 e. The Hall–Kier alpha value is -1.42. The zero-order valence-electron chi connectivity index (χ0n) is 10.3. The van der Waals surface area contributed by atoms with E-state index in [9.17, 15) is 4.79 Å². The molecule has 1 amide bonds. The van der Waals surface area contributed by atoms with Crippen molar-refractivity contribution < 1.29 is 4.79 Å². The molecule has 4 heteroatoms. The van der Waals surface area contributed by atoms with Crippen LogP contribution < -0.4 is 5.32 Å². The van der Waals surface area contributed by atoms with Gasteiger partial charge in [-0.1, -0.05) is 6.07 Å². The van der Waals surface area contributed by atoms with Gasteiger partial charge in [0.15, 0.2) is 0 Å². The topological polar surface area (TPSA) is 45.2 Å². The van der Waals surface area contributed by atoms with Crippen molar-refractivity contribution in [1.82, 2.24) is 15.2 Å². The Kier molecular flexibility index (Phi) is 4.43. The van der Waals surface area contributed by atoms with Crippen LogP contribution >= 0.6 is 0 Å². The molecular formula is C12H19N3O. The number of pyridine rings is 1. The van der Waals surface area contributed by atoms with Gasteiger partial charge in [0.2, 0.25) is 5.91 Å². The quantitative estimate of drug-likeness (QED) is 0.823. The van der Waals surface area contributed by atoms with Crippen LogP contribution in [0, 0.1) is 6.92 Å². The van der Waals surface area contributed by atoms with Gasteiger partial charge in [-0.25, -0.2) is 0 Å². The van der Waals surface area contributed by atoms with Gasteiger partial charge in [-0.2, -0.15) is 0 Å². The van der Waals surface area contributed by atoms with Crippen LogP contribution in [-0.4, -0.2) is 35.9 Å². The van der Waals surface area contributed by atoms with Gasteiger partial charge >= 0.3 is 0 Å². The first kappa shape index (κ1) is 12.6. The van der Waals surface area contributed by atoms with Crippen molar-refractivity contribution in [2.24, 2.45) is 0 Å². The van der Waals surface area contributed by atoms with Crippen molar-refractivity contribution in [2.75, 3.05) is 14.1 Å². The highest BCUT2D eigenvalue weighted by Crippen LogP contribution is 2.03. The molecule has 4 nitrogen and oxygen atoms in total. The van der Waals surface area contributed by atoms with E-state index in [4.69, 9.17) is 0 Å². The third-order valence-electron chi connectivity index (χ3n) is 2.50. The SMILES string of the molecule is Cc1cccnc1CN[C@H](C)C(=O)N(C)C. The number of carbonyl (C=O) groups excluding carboxylic acids is 1. The van der Waals surface area contributed by atoms with Crippen molar-refractivity contribution >= 4 is 5.91 Å². The van der Waals surface area contributed by atoms with Crippen LogP contribution in [-0.2, 0) is 11.3 Å². The number of nitrogens with one attached hydrogen (secondary N) is 1. The number of carbonyl (C=O) groups is 1. The van der Waals surface area contributed by atoms with E-state index < -0.39 is 0 Å². The van der Waals surface area contributed by atoms with Crippen LogP contribution in [0.5, 0.6) is 0 Å². The largest absolute Gasteiger partial charge is 0.347 e. The average Bonchev–Trinajstić information content (AvgIpc) is 2.26. The molecule has 0 aliphatic heterocycles. The van der Waals surface area contributed by atoms with Gasteiger partial charge in [-0.15, -0.1) is 0 Å². The molecule has 1 rings (SSSR count). The normalized spacial score (nSPS) is 12.2. The van der Waals surface area contributed by atoms with E-state index in [0.717, 1.165) is 11.3 Å². The third kappa shape index (κ3) is 3.31. The number of hydrogen-bond acceptors (Lipinski definition) is 3. The Morgan fingerprint density at radius 1 is 1.56 bits per heavy atom. The van der Waals surface area contributed by atoms with Crippen LogP contribution in [0.3, 0.4) is 0 Å². The molecule has 88 valence electrons. The first-order valence-corrected chi connectivity index (χ1v) is 5.37. The molecule has 0 saturated carbocycles. The number of rotatable bonds is 4. The van der Waals surface area contributed by atoms with Crippen LogP contribution in [0.1, 0.15) is 18.2 Å². The van der Waals surface area contributed by atoms with Crippen molar-refractivity contribution in [1.29, 1.82) is 0 Å². The maximum absolute atomic E-state index is 11.6. The highest BCUT2D eigenvalue weighted by molar-refractivity contribution is 5.80. The Morgan fingerprint density at radius 3 is 2.81 bits per heavy atom. The van der Waals surface area contributed by atoms with E-state index >= 15 is 0 Å². The van der Waals surface area contributed by atoms with Gasteiger partial charge in [0.05, 0.1) is 11.7 Å². The molecule has 0 bridgehead atoms. The monoisotopic (exact) mass is 221 g/mol. The molecule has 0 aliphatic carbocycles. The Bertz CT molecular complexity index is 363. The molecule has 0 aromatic carbocycles. The van der Waals surface area contributed by atoms with Crippen molar-refractivity contribution in [3.63, 3.8) is 0 Å². The lowest BCUT2D eigenvalue weighted by Gasteiger charge is -2.18. The molecule has 0 aliphatic rings. The summed E-state index contributed by atoms with van der Waals surface area (Å²) in [5.74, 6) is 0.0774. The molecule has 0 spiro atoms. The number of amides is 1. The van der Waals surface area contributed by atoms with Crippen molar-refractivity contribution in [3.8, 4) is 0 Å². The van der Waals surface area contributed by atoms with Crippen LogP contribution in [0.2, 0.25) is 0 Å². The number of aromatic nitrogens is 1. The minimum Gasteiger partial charge on any atom is -0.347 e. The molecule has 1 aromatic rings. The lowest BCUT2D eigenvalue weighted by Crippen LogP contribution is -2.41. The second-order valence-corrected chi connectivity index (χ2v) is 4.10. The van der Waals surface area contributed by atoms with Gasteiger partial charge < -0.3 is 10.2 Å². The van der Waals surface area contributed by atoms with Gasteiger partial charge in [-0.3, -0.25) is 9.78 Å². The van der Waals surface area contributed by atoms with E-state index in [2.05, 4.69) is 10.3 Å². The minimum atomic E-state index is -0.184. The Morgan fingerprint density at radius 2 is 2.25 bits per heavy atom. The molecule has 0 saturated heterocycles. The molecule has 0 unspecified atom stereocenters. The second kappa shape index (κ2) is 5.61. The van der Waals surface area contributed by atoms with Crippen LogP contribution in [0.15, 0.2) is 18.3 Å². The van der Waals surface area contributed by atoms with E-state index in [1.807, 2.05) is 26.0 Å². The first-order chi connectivity index (χ1) is 7.52. The summed E-state index contributed by atoms with van der Waals surface area (Å²) in [4.78, 5) is 17.4. The van der Waals surface area contributed by atoms with Gasteiger partial charge in [0, 0.05) is 26.8 Å². The first-order valence-electron chi connectivity index (χ1n) is 5.37. The van der Waals surface area contributed by atoms with E-state index in [1.54, 1.807) is 25.2 Å². The molecular weight excluding hydrogens is 202 g/mol. The fraction of sp³-hybridized carbons (Fsp3) is 0.500. The smallest absolute Gasteiger partial charge is 0.238 e. The minimum absolute atomic E-state index is 0.0774. The summed E-state index contributed by atoms with van der Waals surface area (Å²) in [6.45, 7) is 4.50. The summed E-state index contributed by atoms with van der Waals surface area (Å²) in [6.07, 6.45) is 1.77. The highest BCUT2D eigenvalue weighted by Gasteiger charge is 2.14. The van der Waals surface area contributed by atoms with E-state index in [1.165, 1.54) is 0 Å². The molecule has 1 heterocycles. The summed E-state index contributed by atoms with van der Waals surface area (Å²) in [5, 5.41) is 3.17. The summed E-state index contributed by atoms with van der Waals surface area (Å²) in [5.41, 5.74) is 2.13. The number of hydrogen-bond donors (Lipinski definition) is 1. The van der Waals surface area contributed by atoms with Crippen molar-refractivity contribution in [3.05, 3.63) is 29.6 Å². The summed E-state index contributed by atoms with van der Waals surface area (Å²) in [7, 11) is 3.51. The molecule has 1 N–H and O–H groups in total. The van der Waals surface area contributed by atoms with Gasteiger partial charge in [-0.05, 0) is 25.5 Å². The lowest BCUT2D eigenvalue weighted by atomic mass is 10.2. The fourth-order valence-corrected chi connectivity index (χ4v) is 1.43. The predicted molar refractivity (Wildman–Crippen MR) is 64.0 cm³/mol. The third-order valence-corrected chi connectivity index (χ3v) is 2.50. The van der Waals surface area contributed by atoms with E-state index in [0.29, 0.717) is 6.54 Å². The molecule has 0 fully saturated rings. The summed E-state index contributed by atoms with van der Waals surface area (Å²) >= 11 is 0. The molecule has 16 heavy (non-hydrogen) atoms. The van der Waals surface area contributed by atoms with Crippen molar-refractivity contribution in [2.45, 2.75) is 26.4 Å². The van der Waals surface area contributed by atoms with E-state index in [-0.39, 0.29) is 11.9 Å². The summed E-state index contributed by atoms with van der Waals surface area (Å²) < 4.78 is 0.